The lowest BCUT2D eigenvalue weighted by Crippen LogP contribution is -2.44. The van der Waals surface area contributed by atoms with Crippen LogP contribution in [0.2, 0.25) is 0 Å². The molecular weight excluding hydrogens is 352 g/mol. The molecule has 0 spiro atoms. The van der Waals surface area contributed by atoms with Gasteiger partial charge in [-0.15, -0.1) is 0 Å². The van der Waals surface area contributed by atoms with Gasteiger partial charge in [0.15, 0.2) is 0 Å². The average molecular weight is 387 g/mol. The van der Waals surface area contributed by atoms with Crippen LogP contribution in [0.25, 0.3) is 0 Å². The van der Waals surface area contributed by atoms with Gasteiger partial charge in [0.05, 0.1) is 0 Å². The number of carbonyl (C=O) groups excluding carboxylic acids is 2. The van der Waals surface area contributed by atoms with Crippen molar-refractivity contribution in [2.75, 3.05) is 24.5 Å². The molecule has 0 radical (unpaired) electrons. The SMILES string of the molecule is CCCNC(=O)c1cccc(N2CCC(C(=O)NC3CCCCCC3)CC2)n1. The van der Waals surface area contributed by atoms with Crippen molar-refractivity contribution in [2.45, 2.75) is 70.8 Å². The fraction of sp³-hybridized carbons (Fsp3) is 0.682. The third-order valence-electron chi connectivity index (χ3n) is 5.89. The van der Waals surface area contributed by atoms with Crippen molar-refractivity contribution in [3.05, 3.63) is 23.9 Å². The highest BCUT2D eigenvalue weighted by Gasteiger charge is 2.27. The van der Waals surface area contributed by atoms with Gasteiger partial charge in [-0.1, -0.05) is 38.7 Å². The molecule has 2 aliphatic rings. The number of aromatic nitrogens is 1. The standard InChI is InChI=1S/C22H34N4O2/c1-2-14-23-22(28)19-10-7-11-20(25-19)26-15-12-17(13-16-26)21(27)24-18-8-5-3-4-6-9-18/h7,10-11,17-18H,2-6,8-9,12-16H2,1H3,(H,23,28)(H,24,27). The number of pyridine rings is 1. The van der Waals surface area contributed by atoms with Crippen LogP contribution < -0.4 is 15.5 Å². The molecule has 1 saturated carbocycles. The fourth-order valence-corrected chi connectivity index (χ4v) is 4.17. The maximum Gasteiger partial charge on any atom is 0.269 e. The number of hydrogen-bond donors (Lipinski definition) is 2. The first-order chi connectivity index (χ1) is 13.7. The second-order valence-corrected chi connectivity index (χ2v) is 8.10. The highest BCUT2D eigenvalue weighted by molar-refractivity contribution is 5.92. The van der Waals surface area contributed by atoms with Crippen LogP contribution in [0.5, 0.6) is 0 Å². The third-order valence-corrected chi connectivity index (χ3v) is 5.89. The molecule has 1 aromatic rings. The molecule has 0 aromatic carbocycles. The smallest absolute Gasteiger partial charge is 0.269 e. The third kappa shape index (κ3) is 5.69. The molecule has 6 nitrogen and oxygen atoms in total. The number of anilines is 1. The molecule has 1 aliphatic carbocycles. The summed E-state index contributed by atoms with van der Waals surface area (Å²) in [5, 5.41) is 6.17. The maximum atomic E-state index is 12.7. The predicted octanol–water partition coefficient (Wildman–Crippen LogP) is 3.28. The topological polar surface area (TPSA) is 74.3 Å². The highest BCUT2D eigenvalue weighted by Crippen LogP contribution is 2.23. The van der Waals surface area contributed by atoms with Gasteiger partial charge in [-0.3, -0.25) is 9.59 Å². The zero-order valence-corrected chi connectivity index (χ0v) is 17.1. The van der Waals surface area contributed by atoms with E-state index in [1.165, 1.54) is 25.7 Å². The number of rotatable bonds is 6. The average Bonchev–Trinajstić information content (AvgIpc) is 3.01. The number of hydrogen-bond acceptors (Lipinski definition) is 4. The number of nitrogens with zero attached hydrogens (tertiary/aromatic N) is 2. The molecule has 28 heavy (non-hydrogen) atoms. The van der Waals surface area contributed by atoms with E-state index in [9.17, 15) is 9.59 Å². The summed E-state index contributed by atoms with van der Waals surface area (Å²) in [6, 6.07) is 5.95. The quantitative estimate of drug-likeness (QED) is 0.736. The number of nitrogens with one attached hydrogen (secondary N) is 2. The van der Waals surface area contributed by atoms with Crippen LogP contribution in [-0.4, -0.2) is 42.5 Å². The summed E-state index contributed by atoms with van der Waals surface area (Å²) in [6.45, 7) is 4.29. The Morgan fingerprint density at radius 1 is 1.07 bits per heavy atom. The van der Waals surface area contributed by atoms with E-state index >= 15 is 0 Å². The first-order valence-electron chi connectivity index (χ1n) is 11.0. The van der Waals surface area contributed by atoms with Gasteiger partial charge < -0.3 is 15.5 Å². The Morgan fingerprint density at radius 3 is 2.46 bits per heavy atom. The number of carbonyl (C=O) groups is 2. The summed E-state index contributed by atoms with van der Waals surface area (Å²) < 4.78 is 0. The molecule has 0 atom stereocenters. The van der Waals surface area contributed by atoms with Gasteiger partial charge in [-0.05, 0) is 44.2 Å². The van der Waals surface area contributed by atoms with E-state index < -0.39 is 0 Å². The lowest BCUT2D eigenvalue weighted by Gasteiger charge is -2.33. The minimum absolute atomic E-state index is 0.0931. The second-order valence-electron chi connectivity index (χ2n) is 8.10. The van der Waals surface area contributed by atoms with Gasteiger partial charge in [0, 0.05) is 31.6 Å². The van der Waals surface area contributed by atoms with E-state index in [4.69, 9.17) is 0 Å². The lowest BCUT2D eigenvalue weighted by atomic mass is 9.95. The number of amides is 2. The van der Waals surface area contributed by atoms with Crippen LogP contribution in [0.15, 0.2) is 18.2 Å². The summed E-state index contributed by atoms with van der Waals surface area (Å²) in [5.74, 6) is 1.02. The van der Waals surface area contributed by atoms with Crippen molar-refractivity contribution < 1.29 is 9.59 Å². The largest absolute Gasteiger partial charge is 0.357 e. The van der Waals surface area contributed by atoms with E-state index in [0.717, 1.165) is 51.0 Å². The maximum absolute atomic E-state index is 12.7. The Labute approximate surface area is 168 Å². The number of piperidine rings is 1. The van der Waals surface area contributed by atoms with Gasteiger partial charge >= 0.3 is 0 Å². The van der Waals surface area contributed by atoms with Crippen LogP contribution >= 0.6 is 0 Å². The molecule has 2 amide bonds. The van der Waals surface area contributed by atoms with E-state index in [1.54, 1.807) is 6.07 Å². The van der Waals surface area contributed by atoms with Crippen LogP contribution in [-0.2, 0) is 4.79 Å². The van der Waals surface area contributed by atoms with Crippen molar-refractivity contribution in [3.8, 4) is 0 Å². The molecule has 3 rings (SSSR count). The lowest BCUT2D eigenvalue weighted by molar-refractivity contribution is -0.126. The van der Waals surface area contributed by atoms with Crippen molar-refractivity contribution in [1.82, 2.24) is 15.6 Å². The highest BCUT2D eigenvalue weighted by atomic mass is 16.2. The minimum Gasteiger partial charge on any atom is -0.357 e. The predicted molar refractivity (Wildman–Crippen MR) is 111 cm³/mol. The van der Waals surface area contributed by atoms with E-state index in [2.05, 4.69) is 20.5 Å². The van der Waals surface area contributed by atoms with Crippen LogP contribution in [0.3, 0.4) is 0 Å². The van der Waals surface area contributed by atoms with Crippen molar-refractivity contribution in [3.63, 3.8) is 0 Å². The molecular formula is C22H34N4O2. The fourth-order valence-electron chi connectivity index (χ4n) is 4.17. The molecule has 2 fully saturated rings. The Hall–Kier alpha value is -2.11. The van der Waals surface area contributed by atoms with Gasteiger partial charge in [-0.25, -0.2) is 4.98 Å². The Balaban J connectivity index is 1.50. The van der Waals surface area contributed by atoms with Gasteiger partial charge in [0.2, 0.25) is 5.91 Å². The molecule has 1 aromatic heterocycles. The van der Waals surface area contributed by atoms with E-state index in [0.29, 0.717) is 18.3 Å². The Bertz CT molecular complexity index is 648. The molecule has 0 bridgehead atoms. The van der Waals surface area contributed by atoms with Crippen LogP contribution in [0, 0.1) is 5.92 Å². The van der Waals surface area contributed by atoms with E-state index in [1.807, 2.05) is 19.1 Å². The van der Waals surface area contributed by atoms with Crippen LogP contribution in [0.1, 0.15) is 75.2 Å². The zero-order valence-electron chi connectivity index (χ0n) is 17.1. The molecule has 6 heteroatoms. The molecule has 1 aliphatic heterocycles. The summed E-state index contributed by atoms with van der Waals surface area (Å²) in [4.78, 5) is 31.5. The summed E-state index contributed by atoms with van der Waals surface area (Å²) in [6.07, 6.45) is 9.90. The van der Waals surface area contributed by atoms with E-state index in [-0.39, 0.29) is 17.7 Å². The summed E-state index contributed by atoms with van der Waals surface area (Å²) in [7, 11) is 0. The zero-order chi connectivity index (χ0) is 19.8. The Morgan fingerprint density at radius 2 is 1.79 bits per heavy atom. The summed E-state index contributed by atoms with van der Waals surface area (Å²) >= 11 is 0. The van der Waals surface area contributed by atoms with Crippen molar-refractivity contribution >= 4 is 17.6 Å². The second kappa shape index (κ2) is 10.4. The van der Waals surface area contributed by atoms with Gasteiger partial charge in [0.1, 0.15) is 11.5 Å². The van der Waals surface area contributed by atoms with Crippen molar-refractivity contribution in [1.29, 1.82) is 0 Å². The molecule has 2 N–H and O–H groups in total. The molecule has 1 saturated heterocycles. The minimum atomic E-state index is -0.124. The molecule has 0 unspecified atom stereocenters. The van der Waals surface area contributed by atoms with Crippen molar-refractivity contribution in [2.24, 2.45) is 5.92 Å². The Kier molecular flexibility index (Phi) is 7.69. The molecule has 2 heterocycles. The first-order valence-corrected chi connectivity index (χ1v) is 11.0. The first kappa shape index (κ1) is 20.6. The normalized spacial score (nSPS) is 19.1. The van der Waals surface area contributed by atoms with Gasteiger partial charge in [0.25, 0.3) is 5.91 Å². The molecule has 154 valence electrons. The monoisotopic (exact) mass is 386 g/mol. The van der Waals surface area contributed by atoms with Gasteiger partial charge in [-0.2, -0.15) is 0 Å². The van der Waals surface area contributed by atoms with Crippen LogP contribution in [0.4, 0.5) is 5.82 Å². The summed E-state index contributed by atoms with van der Waals surface area (Å²) in [5.41, 5.74) is 0.458.